The summed E-state index contributed by atoms with van der Waals surface area (Å²) in [6.07, 6.45) is 7.15. The maximum atomic E-state index is 12.3. The molecule has 0 radical (unpaired) electrons. The SMILES string of the molecule is O=C(O)/C=C/c1cccnc1C(=O)N1CCCCC1. The van der Waals surface area contributed by atoms with E-state index in [4.69, 9.17) is 5.11 Å². The number of likely N-dealkylation sites (tertiary alicyclic amines) is 1. The van der Waals surface area contributed by atoms with Crippen molar-refractivity contribution in [3.8, 4) is 0 Å². The van der Waals surface area contributed by atoms with E-state index in [0.717, 1.165) is 38.4 Å². The van der Waals surface area contributed by atoms with Gasteiger partial charge in [0.25, 0.3) is 5.91 Å². The van der Waals surface area contributed by atoms with Crippen molar-refractivity contribution in [1.29, 1.82) is 0 Å². The zero-order chi connectivity index (χ0) is 13.7. The van der Waals surface area contributed by atoms with Crippen LogP contribution in [-0.4, -0.2) is 40.0 Å². The number of carboxylic acids is 1. The van der Waals surface area contributed by atoms with Crippen LogP contribution in [0.5, 0.6) is 0 Å². The predicted molar refractivity (Wildman–Crippen MR) is 70.7 cm³/mol. The summed E-state index contributed by atoms with van der Waals surface area (Å²) in [5, 5.41) is 8.65. The fraction of sp³-hybridized carbons (Fsp3) is 0.357. The van der Waals surface area contributed by atoms with E-state index < -0.39 is 5.97 Å². The molecular weight excluding hydrogens is 244 g/mol. The number of carboxylic acid groups (broad SMARTS) is 1. The number of hydrogen-bond acceptors (Lipinski definition) is 3. The molecule has 1 amide bonds. The van der Waals surface area contributed by atoms with E-state index in [0.29, 0.717) is 11.3 Å². The van der Waals surface area contributed by atoms with Gasteiger partial charge in [-0.05, 0) is 31.4 Å². The van der Waals surface area contributed by atoms with Gasteiger partial charge in [0, 0.05) is 30.9 Å². The molecule has 1 aliphatic heterocycles. The molecule has 5 heteroatoms. The molecule has 0 aliphatic carbocycles. The third-order valence-electron chi connectivity index (χ3n) is 3.09. The molecule has 0 unspecified atom stereocenters. The molecular formula is C14H16N2O3. The molecule has 100 valence electrons. The minimum absolute atomic E-state index is 0.120. The zero-order valence-electron chi connectivity index (χ0n) is 10.6. The highest BCUT2D eigenvalue weighted by Crippen LogP contribution is 2.15. The Balaban J connectivity index is 2.23. The lowest BCUT2D eigenvalue weighted by molar-refractivity contribution is -0.131. The third kappa shape index (κ3) is 3.40. The van der Waals surface area contributed by atoms with Gasteiger partial charge in [-0.2, -0.15) is 0 Å². The van der Waals surface area contributed by atoms with Gasteiger partial charge in [-0.15, -0.1) is 0 Å². The van der Waals surface area contributed by atoms with Gasteiger partial charge in [0.05, 0.1) is 0 Å². The number of carbonyl (C=O) groups excluding carboxylic acids is 1. The smallest absolute Gasteiger partial charge is 0.328 e. The highest BCUT2D eigenvalue weighted by molar-refractivity contribution is 5.97. The van der Waals surface area contributed by atoms with E-state index in [9.17, 15) is 9.59 Å². The second-order valence-electron chi connectivity index (χ2n) is 4.47. The first-order chi connectivity index (χ1) is 9.18. The maximum Gasteiger partial charge on any atom is 0.328 e. The number of nitrogens with zero attached hydrogens (tertiary/aromatic N) is 2. The monoisotopic (exact) mass is 260 g/mol. The van der Waals surface area contributed by atoms with Crippen LogP contribution >= 0.6 is 0 Å². The minimum Gasteiger partial charge on any atom is -0.478 e. The van der Waals surface area contributed by atoms with Crippen molar-refractivity contribution in [3.63, 3.8) is 0 Å². The van der Waals surface area contributed by atoms with Crippen LogP contribution in [0, 0.1) is 0 Å². The Morgan fingerprint density at radius 1 is 1.26 bits per heavy atom. The number of aromatic nitrogens is 1. The molecule has 0 spiro atoms. The van der Waals surface area contributed by atoms with Gasteiger partial charge >= 0.3 is 5.97 Å². The van der Waals surface area contributed by atoms with E-state index in [-0.39, 0.29) is 5.91 Å². The van der Waals surface area contributed by atoms with Gasteiger partial charge in [-0.1, -0.05) is 6.07 Å². The first kappa shape index (κ1) is 13.3. The Hall–Kier alpha value is -2.17. The van der Waals surface area contributed by atoms with E-state index in [1.165, 1.54) is 6.08 Å². The summed E-state index contributed by atoms with van der Waals surface area (Å²) in [4.78, 5) is 28.8. The average molecular weight is 260 g/mol. The Kier molecular flexibility index (Phi) is 4.28. The quantitative estimate of drug-likeness (QED) is 0.841. The van der Waals surface area contributed by atoms with Crippen LogP contribution < -0.4 is 0 Å². The van der Waals surface area contributed by atoms with Crippen molar-refractivity contribution < 1.29 is 14.7 Å². The van der Waals surface area contributed by atoms with Crippen LogP contribution in [-0.2, 0) is 4.79 Å². The second kappa shape index (κ2) is 6.13. The van der Waals surface area contributed by atoms with E-state index in [1.807, 2.05) is 0 Å². The number of hydrogen-bond donors (Lipinski definition) is 1. The van der Waals surface area contributed by atoms with Crippen LogP contribution in [0.2, 0.25) is 0 Å². The molecule has 0 atom stereocenters. The Morgan fingerprint density at radius 2 is 2.00 bits per heavy atom. The molecule has 1 aromatic heterocycles. The number of rotatable bonds is 3. The lowest BCUT2D eigenvalue weighted by atomic mass is 10.1. The van der Waals surface area contributed by atoms with E-state index in [2.05, 4.69) is 4.98 Å². The van der Waals surface area contributed by atoms with Crippen LogP contribution in [0.3, 0.4) is 0 Å². The summed E-state index contributed by atoms with van der Waals surface area (Å²) in [5.41, 5.74) is 0.863. The van der Waals surface area contributed by atoms with Crippen LogP contribution in [0.1, 0.15) is 35.3 Å². The first-order valence-corrected chi connectivity index (χ1v) is 6.34. The van der Waals surface area contributed by atoms with Crippen molar-refractivity contribution in [2.24, 2.45) is 0 Å². The van der Waals surface area contributed by atoms with Crippen LogP contribution in [0.4, 0.5) is 0 Å². The first-order valence-electron chi connectivity index (χ1n) is 6.34. The number of pyridine rings is 1. The third-order valence-corrected chi connectivity index (χ3v) is 3.09. The lowest BCUT2D eigenvalue weighted by Gasteiger charge is -2.26. The van der Waals surface area contributed by atoms with Crippen LogP contribution in [0.15, 0.2) is 24.4 Å². The molecule has 19 heavy (non-hydrogen) atoms. The lowest BCUT2D eigenvalue weighted by Crippen LogP contribution is -2.36. The van der Waals surface area contributed by atoms with Gasteiger partial charge in [-0.25, -0.2) is 4.79 Å². The van der Waals surface area contributed by atoms with Crippen LogP contribution in [0.25, 0.3) is 6.08 Å². The van der Waals surface area contributed by atoms with Gasteiger partial charge in [0.1, 0.15) is 5.69 Å². The summed E-state index contributed by atoms with van der Waals surface area (Å²) in [6.45, 7) is 1.50. The summed E-state index contributed by atoms with van der Waals surface area (Å²) in [6, 6.07) is 3.39. The number of piperidine rings is 1. The number of aliphatic carboxylic acids is 1. The molecule has 1 N–H and O–H groups in total. The standard InChI is InChI=1S/C14H16N2O3/c17-12(18)7-6-11-5-4-8-15-13(11)14(19)16-9-2-1-3-10-16/h4-8H,1-3,9-10H2,(H,17,18)/b7-6+. The molecule has 0 aromatic carbocycles. The molecule has 2 rings (SSSR count). The number of amides is 1. The summed E-state index contributed by atoms with van der Waals surface area (Å²) in [5.74, 6) is -1.16. The maximum absolute atomic E-state index is 12.3. The largest absolute Gasteiger partial charge is 0.478 e. The summed E-state index contributed by atoms with van der Waals surface area (Å²) < 4.78 is 0. The summed E-state index contributed by atoms with van der Waals surface area (Å²) >= 11 is 0. The van der Waals surface area contributed by atoms with Crippen molar-refractivity contribution in [2.45, 2.75) is 19.3 Å². The van der Waals surface area contributed by atoms with Gasteiger partial charge in [0.15, 0.2) is 0 Å². The Labute approximate surface area is 111 Å². The second-order valence-corrected chi connectivity index (χ2v) is 4.47. The van der Waals surface area contributed by atoms with E-state index in [1.54, 1.807) is 23.2 Å². The van der Waals surface area contributed by atoms with Gasteiger partial charge in [0.2, 0.25) is 0 Å². The highest BCUT2D eigenvalue weighted by atomic mass is 16.4. The number of carbonyl (C=O) groups is 2. The fourth-order valence-electron chi connectivity index (χ4n) is 2.14. The molecule has 0 bridgehead atoms. The normalized spacial score (nSPS) is 15.7. The van der Waals surface area contributed by atoms with Gasteiger partial charge in [-0.3, -0.25) is 9.78 Å². The fourth-order valence-corrected chi connectivity index (χ4v) is 2.14. The predicted octanol–water partition coefficient (Wildman–Crippen LogP) is 1.81. The average Bonchev–Trinajstić information content (AvgIpc) is 2.45. The molecule has 5 nitrogen and oxygen atoms in total. The highest BCUT2D eigenvalue weighted by Gasteiger charge is 2.20. The minimum atomic E-state index is -1.04. The topological polar surface area (TPSA) is 70.5 Å². The van der Waals surface area contributed by atoms with Crippen molar-refractivity contribution >= 4 is 18.0 Å². The molecule has 2 heterocycles. The molecule has 1 fully saturated rings. The zero-order valence-corrected chi connectivity index (χ0v) is 10.6. The van der Waals surface area contributed by atoms with E-state index >= 15 is 0 Å². The van der Waals surface area contributed by atoms with Gasteiger partial charge < -0.3 is 10.0 Å². The molecule has 1 aliphatic rings. The molecule has 1 saturated heterocycles. The summed E-state index contributed by atoms with van der Waals surface area (Å²) in [7, 11) is 0. The van der Waals surface area contributed by atoms with Crippen molar-refractivity contribution in [3.05, 3.63) is 35.7 Å². The van der Waals surface area contributed by atoms with Crippen molar-refractivity contribution in [2.75, 3.05) is 13.1 Å². The Bertz CT molecular complexity index is 505. The van der Waals surface area contributed by atoms with Crippen molar-refractivity contribution in [1.82, 2.24) is 9.88 Å². The molecule has 0 saturated carbocycles. The molecule has 1 aromatic rings. The Morgan fingerprint density at radius 3 is 2.68 bits per heavy atom.